The number of carbonyl (C=O) groups is 3. The van der Waals surface area contributed by atoms with Crippen molar-refractivity contribution in [2.45, 2.75) is 6.92 Å². The van der Waals surface area contributed by atoms with Gasteiger partial charge in [0.2, 0.25) is 0 Å². The molecule has 154 valence electrons. The molecule has 2 aromatic rings. The van der Waals surface area contributed by atoms with Crippen molar-refractivity contribution >= 4 is 23.7 Å². The van der Waals surface area contributed by atoms with Crippen LogP contribution < -0.4 is 27.7 Å². The summed E-state index contributed by atoms with van der Waals surface area (Å²) < 4.78 is 4.51. The van der Waals surface area contributed by atoms with Gasteiger partial charge in [0.1, 0.15) is 6.54 Å². The first-order valence-electron chi connectivity index (χ1n) is 8.62. The van der Waals surface area contributed by atoms with Crippen LogP contribution in [0.4, 0.5) is 9.59 Å². The zero-order valence-corrected chi connectivity index (χ0v) is 15.9. The van der Waals surface area contributed by atoms with Crippen molar-refractivity contribution < 1.29 is 19.1 Å². The van der Waals surface area contributed by atoms with E-state index >= 15 is 0 Å². The number of primary amides is 1. The number of carbonyl (C=O) groups excluding carboxylic acids is 3. The molecule has 0 spiro atoms. The Kier molecular flexibility index (Phi) is 10.6. The third-order valence-corrected chi connectivity index (χ3v) is 3.20. The van der Waals surface area contributed by atoms with Crippen LogP contribution in [0.3, 0.4) is 0 Å². The Morgan fingerprint density at radius 2 is 1.48 bits per heavy atom. The summed E-state index contributed by atoms with van der Waals surface area (Å²) in [5.74, 6) is 4.23. The van der Waals surface area contributed by atoms with Crippen molar-refractivity contribution in [3.63, 3.8) is 0 Å². The SMILES string of the molecule is CCOC(=O)CNC(=O)NN.NC(=O)NN=C(c1ccccc1)c1ccccc1. The number of hydrogen-bond acceptors (Lipinski definition) is 6. The molecule has 0 saturated heterocycles. The van der Waals surface area contributed by atoms with E-state index in [2.05, 4.69) is 20.6 Å². The highest BCUT2D eigenvalue weighted by Crippen LogP contribution is 2.10. The maximum Gasteiger partial charge on any atom is 0.332 e. The van der Waals surface area contributed by atoms with Gasteiger partial charge in [-0.15, -0.1) is 0 Å². The smallest absolute Gasteiger partial charge is 0.332 e. The number of hydrazine groups is 1. The Bertz CT molecular complexity index is 770. The third-order valence-electron chi connectivity index (χ3n) is 3.20. The zero-order chi connectivity index (χ0) is 21.5. The molecule has 0 aliphatic heterocycles. The van der Waals surface area contributed by atoms with Crippen LogP contribution >= 0.6 is 0 Å². The van der Waals surface area contributed by atoms with Crippen LogP contribution in [0.1, 0.15) is 18.1 Å². The molecule has 0 fully saturated rings. The van der Waals surface area contributed by atoms with Crippen molar-refractivity contribution in [3.8, 4) is 0 Å². The Hall–Kier alpha value is -3.92. The molecule has 0 aliphatic rings. The lowest BCUT2D eigenvalue weighted by Gasteiger charge is -2.06. The van der Waals surface area contributed by atoms with Crippen LogP contribution in [-0.2, 0) is 9.53 Å². The summed E-state index contributed by atoms with van der Waals surface area (Å²) in [6, 6.07) is 17.9. The molecular weight excluding hydrogens is 376 g/mol. The molecule has 0 atom stereocenters. The topological polar surface area (TPSA) is 161 Å². The number of nitrogens with one attached hydrogen (secondary N) is 3. The number of urea groups is 2. The van der Waals surface area contributed by atoms with Crippen LogP contribution in [0.2, 0.25) is 0 Å². The molecule has 10 nitrogen and oxygen atoms in total. The molecule has 0 aliphatic carbocycles. The van der Waals surface area contributed by atoms with Crippen LogP contribution in [-0.4, -0.2) is 36.9 Å². The highest BCUT2D eigenvalue weighted by molar-refractivity contribution is 6.13. The fourth-order valence-corrected chi connectivity index (χ4v) is 2.01. The van der Waals surface area contributed by atoms with Gasteiger partial charge in [0.15, 0.2) is 0 Å². The first-order chi connectivity index (χ1) is 14.0. The number of nitrogens with zero attached hydrogens (tertiary/aromatic N) is 1. The van der Waals surface area contributed by atoms with E-state index in [0.717, 1.165) is 11.1 Å². The van der Waals surface area contributed by atoms with Crippen LogP contribution in [0, 0.1) is 0 Å². The largest absolute Gasteiger partial charge is 0.465 e. The Morgan fingerprint density at radius 3 is 1.90 bits per heavy atom. The predicted molar refractivity (Wildman–Crippen MR) is 109 cm³/mol. The molecule has 0 heterocycles. The highest BCUT2D eigenvalue weighted by atomic mass is 16.5. The maximum atomic E-state index is 10.8. The van der Waals surface area contributed by atoms with Crippen molar-refractivity contribution in [1.29, 1.82) is 0 Å². The van der Waals surface area contributed by atoms with Crippen LogP contribution in [0.15, 0.2) is 65.8 Å². The van der Waals surface area contributed by atoms with Gasteiger partial charge in [0, 0.05) is 11.1 Å². The summed E-state index contributed by atoms with van der Waals surface area (Å²) >= 11 is 0. The second kappa shape index (κ2) is 13.3. The Labute approximate surface area is 168 Å². The van der Waals surface area contributed by atoms with E-state index in [9.17, 15) is 14.4 Å². The summed E-state index contributed by atoms with van der Waals surface area (Å²) in [5, 5.41) is 6.22. The van der Waals surface area contributed by atoms with E-state index in [0.29, 0.717) is 12.3 Å². The number of hydrazone groups is 1. The molecule has 7 N–H and O–H groups in total. The number of hydrogen-bond donors (Lipinski definition) is 5. The van der Waals surface area contributed by atoms with E-state index in [1.54, 1.807) is 12.3 Å². The van der Waals surface area contributed by atoms with Gasteiger partial charge < -0.3 is 15.8 Å². The molecule has 10 heteroatoms. The summed E-state index contributed by atoms with van der Waals surface area (Å²) in [7, 11) is 0. The van der Waals surface area contributed by atoms with Crippen molar-refractivity contribution in [2.24, 2.45) is 16.7 Å². The van der Waals surface area contributed by atoms with Gasteiger partial charge in [-0.3, -0.25) is 10.2 Å². The van der Waals surface area contributed by atoms with Crippen LogP contribution in [0.25, 0.3) is 0 Å². The second-order valence-corrected chi connectivity index (χ2v) is 5.30. The van der Waals surface area contributed by atoms with Gasteiger partial charge in [0.25, 0.3) is 0 Å². The summed E-state index contributed by atoms with van der Waals surface area (Å²) in [6.07, 6.45) is 0. The lowest BCUT2D eigenvalue weighted by atomic mass is 10.0. The lowest BCUT2D eigenvalue weighted by molar-refractivity contribution is -0.141. The van der Waals surface area contributed by atoms with Gasteiger partial charge in [-0.2, -0.15) is 5.10 Å². The number of rotatable bonds is 6. The average Bonchev–Trinajstić information content (AvgIpc) is 2.74. The molecule has 2 aromatic carbocycles. The average molecular weight is 400 g/mol. The first kappa shape index (κ1) is 23.1. The number of benzene rings is 2. The third kappa shape index (κ3) is 9.54. The minimum absolute atomic E-state index is 0.170. The maximum absolute atomic E-state index is 10.8. The number of ether oxygens (including phenoxy) is 1. The van der Waals surface area contributed by atoms with Gasteiger partial charge >= 0.3 is 18.0 Å². The van der Waals surface area contributed by atoms with Gasteiger partial charge in [-0.1, -0.05) is 60.7 Å². The minimum atomic E-state index is -0.681. The predicted octanol–water partition coefficient (Wildman–Crippen LogP) is 0.830. The van der Waals surface area contributed by atoms with E-state index in [-0.39, 0.29) is 6.54 Å². The van der Waals surface area contributed by atoms with Crippen molar-refractivity contribution in [2.75, 3.05) is 13.2 Å². The number of amides is 4. The van der Waals surface area contributed by atoms with Gasteiger partial charge in [-0.05, 0) is 6.92 Å². The molecule has 0 saturated carbocycles. The summed E-state index contributed by atoms with van der Waals surface area (Å²) in [4.78, 5) is 31.7. The van der Waals surface area contributed by atoms with Gasteiger partial charge in [-0.25, -0.2) is 20.9 Å². The standard InChI is InChI=1S/C14H13N3O.C5H11N3O3/c15-14(18)17-16-13(11-7-3-1-4-8-11)12-9-5-2-6-10-12;1-2-11-4(9)3-7-5(10)8-6/h1-10H,(H3,15,17,18);2-3,6H2,1H3,(H2,7,8,10). The highest BCUT2D eigenvalue weighted by Gasteiger charge is 2.06. The molecule has 29 heavy (non-hydrogen) atoms. The van der Waals surface area contributed by atoms with E-state index in [4.69, 9.17) is 11.6 Å². The van der Waals surface area contributed by atoms with E-state index < -0.39 is 18.0 Å². The Morgan fingerprint density at radius 1 is 0.966 bits per heavy atom. The normalized spacial score (nSPS) is 9.17. The second-order valence-electron chi connectivity index (χ2n) is 5.30. The lowest BCUT2D eigenvalue weighted by Crippen LogP contribution is -2.42. The zero-order valence-electron chi connectivity index (χ0n) is 15.9. The van der Waals surface area contributed by atoms with Crippen molar-refractivity contribution in [3.05, 3.63) is 71.8 Å². The van der Waals surface area contributed by atoms with Crippen LogP contribution in [0.5, 0.6) is 0 Å². The molecule has 2 rings (SSSR count). The Balaban J connectivity index is 0.000000331. The molecule has 0 unspecified atom stereocenters. The fourth-order valence-electron chi connectivity index (χ4n) is 2.01. The molecule has 0 aromatic heterocycles. The van der Waals surface area contributed by atoms with Crippen molar-refractivity contribution in [1.82, 2.24) is 16.2 Å². The van der Waals surface area contributed by atoms with E-state index in [1.807, 2.05) is 60.7 Å². The minimum Gasteiger partial charge on any atom is -0.465 e. The summed E-state index contributed by atoms with van der Waals surface area (Å²) in [5.41, 5.74) is 11.6. The number of esters is 1. The van der Waals surface area contributed by atoms with E-state index in [1.165, 1.54) is 0 Å². The monoisotopic (exact) mass is 400 g/mol. The molecular formula is C19H24N6O4. The number of nitrogens with two attached hydrogens (primary N) is 2. The molecule has 0 bridgehead atoms. The van der Waals surface area contributed by atoms with Gasteiger partial charge in [0.05, 0.1) is 12.3 Å². The molecule has 0 radical (unpaired) electrons. The summed E-state index contributed by atoms with van der Waals surface area (Å²) in [6.45, 7) is 1.81. The fraction of sp³-hybridized carbons (Fsp3) is 0.158. The quantitative estimate of drug-likeness (QED) is 0.159. The first-order valence-corrected chi connectivity index (χ1v) is 8.62. The molecule has 4 amide bonds.